The summed E-state index contributed by atoms with van der Waals surface area (Å²) < 4.78 is 5.77. The predicted octanol–water partition coefficient (Wildman–Crippen LogP) is 4.93. The number of halogens is 1. The Morgan fingerprint density at radius 1 is 1.21 bits per heavy atom. The minimum atomic E-state index is 0.113. The van der Waals surface area contributed by atoms with E-state index < -0.39 is 0 Å². The van der Waals surface area contributed by atoms with Crippen molar-refractivity contribution in [1.82, 2.24) is 4.90 Å². The number of hydrogen-bond acceptors (Lipinski definition) is 2. The van der Waals surface area contributed by atoms with Crippen LogP contribution in [0.4, 0.5) is 0 Å². The fourth-order valence-corrected chi connectivity index (χ4v) is 3.27. The van der Waals surface area contributed by atoms with Crippen LogP contribution in [0, 0.1) is 0 Å². The Hall–Kier alpha value is -2.00. The highest BCUT2D eigenvalue weighted by atomic mass is 35.5. The molecule has 0 bridgehead atoms. The second-order valence-electron chi connectivity index (χ2n) is 6.26. The van der Waals surface area contributed by atoms with Gasteiger partial charge in [-0.05, 0) is 56.0 Å². The van der Waals surface area contributed by atoms with E-state index in [0.29, 0.717) is 23.4 Å². The van der Waals surface area contributed by atoms with Crippen LogP contribution in [-0.2, 0) is 6.61 Å². The summed E-state index contributed by atoms with van der Waals surface area (Å²) >= 11 is 6.10. The SMILES string of the molecule is C[C@H]1CCCCN1C(=O)c1cccc(COc2ccccc2Cl)c1. The van der Waals surface area contributed by atoms with Crippen LogP contribution in [0.2, 0.25) is 5.02 Å². The average molecular weight is 344 g/mol. The van der Waals surface area contributed by atoms with E-state index in [9.17, 15) is 4.79 Å². The second kappa shape index (κ2) is 7.71. The number of hydrogen-bond donors (Lipinski definition) is 0. The number of carbonyl (C=O) groups is 1. The first kappa shape index (κ1) is 16.8. The molecule has 0 aliphatic carbocycles. The molecule has 1 heterocycles. The number of rotatable bonds is 4. The van der Waals surface area contributed by atoms with Gasteiger partial charge in [-0.1, -0.05) is 35.9 Å². The Kier molecular flexibility index (Phi) is 5.41. The monoisotopic (exact) mass is 343 g/mol. The molecule has 1 saturated heterocycles. The van der Waals surface area contributed by atoms with E-state index in [1.54, 1.807) is 6.07 Å². The van der Waals surface area contributed by atoms with Crippen molar-refractivity contribution in [2.45, 2.75) is 38.8 Å². The smallest absolute Gasteiger partial charge is 0.254 e. The molecule has 1 fully saturated rings. The third kappa shape index (κ3) is 3.90. The van der Waals surface area contributed by atoms with Crippen molar-refractivity contribution < 1.29 is 9.53 Å². The number of benzene rings is 2. The zero-order chi connectivity index (χ0) is 16.9. The maximum atomic E-state index is 12.8. The van der Waals surface area contributed by atoms with Crippen LogP contribution in [0.15, 0.2) is 48.5 Å². The molecule has 0 aromatic heterocycles. The van der Waals surface area contributed by atoms with Gasteiger partial charge in [0.05, 0.1) is 5.02 Å². The van der Waals surface area contributed by atoms with Gasteiger partial charge in [0.15, 0.2) is 0 Å². The van der Waals surface area contributed by atoms with Gasteiger partial charge in [0.25, 0.3) is 5.91 Å². The molecular formula is C20H22ClNO2. The van der Waals surface area contributed by atoms with Crippen molar-refractivity contribution in [3.63, 3.8) is 0 Å². The number of piperidine rings is 1. The van der Waals surface area contributed by atoms with E-state index in [2.05, 4.69) is 6.92 Å². The topological polar surface area (TPSA) is 29.5 Å². The number of likely N-dealkylation sites (tertiary alicyclic amines) is 1. The third-order valence-electron chi connectivity index (χ3n) is 4.47. The van der Waals surface area contributed by atoms with Gasteiger partial charge in [0, 0.05) is 18.2 Å². The van der Waals surface area contributed by atoms with E-state index in [1.807, 2.05) is 47.4 Å². The molecule has 0 radical (unpaired) electrons. The van der Waals surface area contributed by atoms with Gasteiger partial charge in [-0.15, -0.1) is 0 Å². The summed E-state index contributed by atoms with van der Waals surface area (Å²) in [5.74, 6) is 0.766. The molecule has 0 saturated carbocycles. The van der Waals surface area contributed by atoms with E-state index in [1.165, 1.54) is 6.42 Å². The molecule has 126 valence electrons. The Labute approximate surface area is 148 Å². The number of nitrogens with zero attached hydrogens (tertiary/aromatic N) is 1. The van der Waals surface area contributed by atoms with Gasteiger partial charge in [-0.25, -0.2) is 0 Å². The van der Waals surface area contributed by atoms with Crippen LogP contribution >= 0.6 is 11.6 Å². The zero-order valence-electron chi connectivity index (χ0n) is 13.9. The van der Waals surface area contributed by atoms with E-state index in [-0.39, 0.29) is 5.91 Å². The molecule has 3 rings (SSSR count). The van der Waals surface area contributed by atoms with Crippen LogP contribution in [0.3, 0.4) is 0 Å². The zero-order valence-corrected chi connectivity index (χ0v) is 14.6. The minimum absolute atomic E-state index is 0.113. The maximum Gasteiger partial charge on any atom is 0.254 e. The summed E-state index contributed by atoms with van der Waals surface area (Å²) in [6, 6.07) is 15.4. The fourth-order valence-electron chi connectivity index (χ4n) is 3.08. The molecule has 0 unspecified atom stereocenters. The van der Waals surface area contributed by atoms with Gasteiger partial charge in [0.1, 0.15) is 12.4 Å². The quantitative estimate of drug-likeness (QED) is 0.787. The summed E-state index contributed by atoms with van der Waals surface area (Å²) in [7, 11) is 0. The molecule has 1 amide bonds. The average Bonchev–Trinajstić information content (AvgIpc) is 2.61. The summed E-state index contributed by atoms with van der Waals surface area (Å²) in [6.07, 6.45) is 3.38. The lowest BCUT2D eigenvalue weighted by Gasteiger charge is -2.33. The molecule has 2 aromatic carbocycles. The Morgan fingerprint density at radius 2 is 2.04 bits per heavy atom. The summed E-state index contributed by atoms with van der Waals surface area (Å²) in [5.41, 5.74) is 1.69. The minimum Gasteiger partial charge on any atom is -0.487 e. The van der Waals surface area contributed by atoms with Gasteiger partial charge in [-0.3, -0.25) is 4.79 Å². The lowest BCUT2D eigenvalue weighted by molar-refractivity contribution is 0.0635. The van der Waals surface area contributed by atoms with Crippen LogP contribution in [0.1, 0.15) is 42.1 Å². The van der Waals surface area contributed by atoms with Gasteiger partial charge >= 0.3 is 0 Å². The van der Waals surface area contributed by atoms with Gasteiger partial charge in [-0.2, -0.15) is 0 Å². The first-order valence-corrected chi connectivity index (χ1v) is 8.80. The Bertz CT molecular complexity index is 716. The van der Waals surface area contributed by atoms with Gasteiger partial charge in [0.2, 0.25) is 0 Å². The standard InChI is InChI=1S/C20H22ClNO2/c1-15-7-4-5-12-22(15)20(23)17-9-6-8-16(13-17)14-24-19-11-3-2-10-18(19)21/h2-3,6,8-11,13,15H,4-5,7,12,14H2,1H3/t15-/m0/s1. The van der Waals surface area contributed by atoms with Crippen molar-refractivity contribution in [2.75, 3.05) is 6.54 Å². The summed E-state index contributed by atoms with van der Waals surface area (Å²) in [4.78, 5) is 14.7. The van der Waals surface area contributed by atoms with Gasteiger partial charge < -0.3 is 9.64 Å². The Morgan fingerprint density at radius 3 is 2.83 bits per heavy atom. The first-order chi connectivity index (χ1) is 11.6. The van der Waals surface area contributed by atoms with Crippen molar-refractivity contribution in [1.29, 1.82) is 0 Å². The molecule has 1 aliphatic rings. The first-order valence-electron chi connectivity index (χ1n) is 8.42. The molecule has 0 spiro atoms. The molecular weight excluding hydrogens is 322 g/mol. The lowest BCUT2D eigenvalue weighted by Crippen LogP contribution is -2.42. The number of ether oxygens (including phenoxy) is 1. The third-order valence-corrected chi connectivity index (χ3v) is 4.78. The second-order valence-corrected chi connectivity index (χ2v) is 6.67. The van der Waals surface area contributed by atoms with Crippen LogP contribution in [0.5, 0.6) is 5.75 Å². The Balaban J connectivity index is 1.70. The molecule has 0 N–H and O–H groups in total. The molecule has 2 aromatic rings. The van der Waals surface area contributed by atoms with Crippen LogP contribution in [0.25, 0.3) is 0 Å². The largest absolute Gasteiger partial charge is 0.487 e. The van der Waals surface area contributed by atoms with Crippen molar-refractivity contribution >= 4 is 17.5 Å². The molecule has 3 nitrogen and oxygen atoms in total. The fraction of sp³-hybridized carbons (Fsp3) is 0.350. The number of para-hydroxylation sites is 1. The lowest BCUT2D eigenvalue weighted by atomic mass is 10.0. The summed E-state index contributed by atoms with van der Waals surface area (Å²) in [5, 5.41) is 0.590. The molecule has 1 aliphatic heterocycles. The summed E-state index contributed by atoms with van der Waals surface area (Å²) in [6.45, 7) is 3.36. The molecule has 4 heteroatoms. The highest BCUT2D eigenvalue weighted by Gasteiger charge is 2.24. The number of carbonyl (C=O) groups excluding carboxylic acids is 1. The van der Waals surface area contributed by atoms with Crippen molar-refractivity contribution in [3.8, 4) is 5.75 Å². The van der Waals surface area contributed by atoms with Crippen LogP contribution in [-0.4, -0.2) is 23.4 Å². The van der Waals surface area contributed by atoms with E-state index in [4.69, 9.17) is 16.3 Å². The predicted molar refractivity (Wildman–Crippen MR) is 96.6 cm³/mol. The van der Waals surface area contributed by atoms with E-state index >= 15 is 0 Å². The van der Waals surface area contributed by atoms with Crippen LogP contribution < -0.4 is 4.74 Å². The maximum absolute atomic E-state index is 12.8. The molecule has 24 heavy (non-hydrogen) atoms. The van der Waals surface area contributed by atoms with Crippen molar-refractivity contribution in [3.05, 3.63) is 64.7 Å². The highest BCUT2D eigenvalue weighted by Crippen LogP contribution is 2.24. The number of amides is 1. The van der Waals surface area contributed by atoms with Crippen molar-refractivity contribution in [2.24, 2.45) is 0 Å². The van der Waals surface area contributed by atoms with E-state index in [0.717, 1.165) is 30.5 Å². The molecule has 1 atom stereocenters. The highest BCUT2D eigenvalue weighted by molar-refractivity contribution is 6.32. The normalized spacial score (nSPS) is 17.6.